The number of benzene rings is 2. The zero-order chi connectivity index (χ0) is 17.1. The highest BCUT2D eigenvalue weighted by Crippen LogP contribution is 2.30. The first-order valence-electron chi connectivity index (χ1n) is 7.73. The van der Waals surface area contributed by atoms with Crippen LogP contribution in [-0.2, 0) is 4.79 Å². The largest absolute Gasteiger partial charge is 0.485 e. The van der Waals surface area contributed by atoms with Crippen LogP contribution in [0, 0.1) is 0 Å². The summed E-state index contributed by atoms with van der Waals surface area (Å²) in [4.78, 5) is 20.8. The van der Waals surface area contributed by atoms with Crippen LogP contribution >= 0.6 is 0 Å². The van der Waals surface area contributed by atoms with Crippen molar-refractivity contribution >= 4 is 23.2 Å². The number of nitrogens with zero attached hydrogens (tertiary/aromatic N) is 3. The first-order chi connectivity index (χ1) is 12.3. The van der Waals surface area contributed by atoms with Crippen molar-refractivity contribution < 1.29 is 14.3 Å². The SMILES string of the molecule is O=C(N/N=C\c1cnc2ccccc2n1)[C@@H]1COc2ccccc2O1. The van der Waals surface area contributed by atoms with Gasteiger partial charge in [0, 0.05) is 0 Å². The molecule has 7 heteroatoms. The molecule has 0 fully saturated rings. The fourth-order valence-electron chi connectivity index (χ4n) is 2.42. The number of carbonyl (C=O) groups excluding carboxylic acids is 1. The van der Waals surface area contributed by atoms with E-state index in [2.05, 4.69) is 20.5 Å². The van der Waals surface area contributed by atoms with Crippen LogP contribution in [0.3, 0.4) is 0 Å². The van der Waals surface area contributed by atoms with Gasteiger partial charge in [0.1, 0.15) is 12.3 Å². The van der Waals surface area contributed by atoms with Crippen LogP contribution in [0.2, 0.25) is 0 Å². The molecule has 0 radical (unpaired) electrons. The van der Waals surface area contributed by atoms with E-state index in [0.29, 0.717) is 17.2 Å². The van der Waals surface area contributed by atoms with Gasteiger partial charge in [0.05, 0.1) is 23.4 Å². The van der Waals surface area contributed by atoms with Crippen LogP contribution in [0.15, 0.2) is 59.8 Å². The minimum Gasteiger partial charge on any atom is -0.485 e. The molecule has 0 aliphatic carbocycles. The van der Waals surface area contributed by atoms with Crippen molar-refractivity contribution in [3.63, 3.8) is 0 Å². The topological polar surface area (TPSA) is 85.7 Å². The minimum atomic E-state index is -0.755. The molecule has 1 atom stereocenters. The number of carbonyl (C=O) groups is 1. The Labute approximate surface area is 143 Å². The Balaban J connectivity index is 1.40. The number of para-hydroxylation sites is 4. The van der Waals surface area contributed by atoms with Gasteiger partial charge in [0.15, 0.2) is 11.5 Å². The molecule has 25 heavy (non-hydrogen) atoms. The summed E-state index contributed by atoms with van der Waals surface area (Å²) in [7, 11) is 0. The molecular weight excluding hydrogens is 320 g/mol. The molecule has 2 aromatic carbocycles. The molecule has 2 heterocycles. The second kappa shape index (κ2) is 6.56. The summed E-state index contributed by atoms with van der Waals surface area (Å²) >= 11 is 0. The third kappa shape index (κ3) is 3.25. The summed E-state index contributed by atoms with van der Waals surface area (Å²) in [5, 5.41) is 3.92. The summed E-state index contributed by atoms with van der Waals surface area (Å²) < 4.78 is 11.1. The van der Waals surface area contributed by atoms with Crippen LogP contribution in [0.25, 0.3) is 11.0 Å². The molecule has 124 valence electrons. The molecule has 4 rings (SSSR count). The second-order valence-electron chi connectivity index (χ2n) is 5.38. The fourth-order valence-corrected chi connectivity index (χ4v) is 2.42. The molecule has 3 aromatic rings. The van der Waals surface area contributed by atoms with Gasteiger partial charge in [0.25, 0.3) is 5.91 Å². The first-order valence-corrected chi connectivity index (χ1v) is 7.73. The van der Waals surface area contributed by atoms with Crippen LogP contribution < -0.4 is 14.9 Å². The van der Waals surface area contributed by atoms with Crippen molar-refractivity contribution in [1.29, 1.82) is 0 Å². The average Bonchev–Trinajstić information content (AvgIpc) is 2.67. The highest BCUT2D eigenvalue weighted by molar-refractivity contribution is 5.85. The molecule has 1 aromatic heterocycles. The molecule has 0 spiro atoms. The third-order valence-electron chi connectivity index (χ3n) is 3.64. The van der Waals surface area contributed by atoms with Gasteiger partial charge in [0.2, 0.25) is 6.10 Å². The van der Waals surface area contributed by atoms with Gasteiger partial charge in [-0.2, -0.15) is 5.10 Å². The van der Waals surface area contributed by atoms with Crippen molar-refractivity contribution in [2.75, 3.05) is 6.61 Å². The van der Waals surface area contributed by atoms with Crippen LogP contribution in [0.1, 0.15) is 5.69 Å². The van der Waals surface area contributed by atoms with Gasteiger partial charge < -0.3 is 9.47 Å². The molecular formula is C18H14N4O3. The number of aromatic nitrogens is 2. The van der Waals surface area contributed by atoms with E-state index >= 15 is 0 Å². The van der Waals surface area contributed by atoms with E-state index < -0.39 is 6.10 Å². The molecule has 1 N–H and O–H groups in total. The highest BCUT2D eigenvalue weighted by Gasteiger charge is 2.26. The molecule has 1 aliphatic rings. The average molecular weight is 334 g/mol. The summed E-state index contributed by atoms with van der Waals surface area (Å²) in [6.45, 7) is 0.133. The lowest BCUT2D eigenvalue weighted by Crippen LogP contribution is -2.42. The van der Waals surface area contributed by atoms with Gasteiger partial charge in [-0.1, -0.05) is 24.3 Å². The number of fused-ring (bicyclic) bond motifs is 2. The lowest BCUT2D eigenvalue weighted by atomic mass is 10.2. The summed E-state index contributed by atoms with van der Waals surface area (Å²) in [5.74, 6) is 0.777. The number of rotatable bonds is 3. The fraction of sp³-hybridized carbons (Fsp3) is 0.111. The van der Waals surface area contributed by atoms with Crippen molar-refractivity contribution in [1.82, 2.24) is 15.4 Å². The van der Waals surface area contributed by atoms with E-state index in [9.17, 15) is 4.79 Å². The van der Waals surface area contributed by atoms with E-state index in [1.807, 2.05) is 36.4 Å². The van der Waals surface area contributed by atoms with Crippen LogP contribution in [0.5, 0.6) is 11.5 Å². The number of nitrogens with one attached hydrogen (secondary N) is 1. The van der Waals surface area contributed by atoms with E-state index in [0.717, 1.165) is 11.0 Å². The maximum absolute atomic E-state index is 12.1. The molecule has 0 saturated heterocycles. The van der Waals surface area contributed by atoms with Gasteiger partial charge in [-0.15, -0.1) is 0 Å². The number of ether oxygens (including phenoxy) is 2. The maximum Gasteiger partial charge on any atom is 0.284 e. The molecule has 0 saturated carbocycles. The standard InChI is InChI=1S/C18H14N4O3/c23-18(17-11-24-15-7-3-4-8-16(15)25-17)22-20-10-12-9-19-13-5-1-2-6-14(13)21-12/h1-10,17H,11H2,(H,22,23)/b20-10-/t17-/m0/s1. The Bertz CT molecular complexity index is 958. The second-order valence-corrected chi connectivity index (χ2v) is 5.38. The molecule has 0 bridgehead atoms. The highest BCUT2D eigenvalue weighted by atomic mass is 16.6. The number of hydrazone groups is 1. The van der Waals surface area contributed by atoms with E-state index in [-0.39, 0.29) is 12.5 Å². The molecule has 7 nitrogen and oxygen atoms in total. The van der Waals surface area contributed by atoms with Crippen molar-refractivity contribution in [2.24, 2.45) is 5.10 Å². The molecule has 0 unspecified atom stereocenters. The minimum absolute atomic E-state index is 0.133. The number of hydrogen-bond acceptors (Lipinski definition) is 6. The van der Waals surface area contributed by atoms with Gasteiger partial charge >= 0.3 is 0 Å². The summed E-state index contributed by atoms with van der Waals surface area (Å²) in [5.41, 5.74) is 4.55. The lowest BCUT2D eigenvalue weighted by Gasteiger charge is -2.24. The zero-order valence-electron chi connectivity index (χ0n) is 13.1. The Morgan fingerprint density at radius 2 is 1.88 bits per heavy atom. The van der Waals surface area contributed by atoms with E-state index in [4.69, 9.17) is 9.47 Å². The normalized spacial score (nSPS) is 16.1. The predicted molar refractivity (Wildman–Crippen MR) is 91.6 cm³/mol. The van der Waals surface area contributed by atoms with Gasteiger partial charge in [-0.3, -0.25) is 9.78 Å². The van der Waals surface area contributed by atoms with Crippen molar-refractivity contribution in [3.8, 4) is 11.5 Å². The van der Waals surface area contributed by atoms with Crippen LogP contribution in [-0.4, -0.2) is 34.8 Å². The Morgan fingerprint density at radius 1 is 1.12 bits per heavy atom. The Kier molecular flexibility index (Phi) is 3.96. The van der Waals surface area contributed by atoms with Crippen LogP contribution in [0.4, 0.5) is 0 Å². The van der Waals surface area contributed by atoms with E-state index in [1.54, 1.807) is 18.3 Å². The molecule has 1 amide bonds. The lowest BCUT2D eigenvalue weighted by molar-refractivity contribution is -0.130. The molecule has 1 aliphatic heterocycles. The maximum atomic E-state index is 12.1. The number of amides is 1. The first kappa shape index (κ1) is 15.1. The van der Waals surface area contributed by atoms with Gasteiger partial charge in [-0.05, 0) is 24.3 Å². The smallest absolute Gasteiger partial charge is 0.284 e. The summed E-state index contributed by atoms with van der Waals surface area (Å²) in [6, 6.07) is 14.7. The summed E-state index contributed by atoms with van der Waals surface area (Å²) in [6.07, 6.45) is 2.28. The monoisotopic (exact) mass is 334 g/mol. The third-order valence-corrected chi connectivity index (χ3v) is 3.64. The number of hydrogen-bond donors (Lipinski definition) is 1. The van der Waals surface area contributed by atoms with Crippen molar-refractivity contribution in [3.05, 3.63) is 60.4 Å². The Hall–Kier alpha value is -3.48. The predicted octanol–water partition coefficient (Wildman–Crippen LogP) is 1.92. The van der Waals surface area contributed by atoms with E-state index in [1.165, 1.54) is 6.21 Å². The zero-order valence-corrected chi connectivity index (χ0v) is 13.1. The Morgan fingerprint density at radius 3 is 2.76 bits per heavy atom. The van der Waals surface area contributed by atoms with Crippen molar-refractivity contribution in [2.45, 2.75) is 6.10 Å². The quantitative estimate of drug-likeness (QED) is 0.584. The van der Waals surface area contributed by atoms with Gasteiger partial charge in [-0.25, -0.2) is 10.4 Å².